The number of hydrogen-bond acceptors (Lipinski definition) is 5. The monoisotopic (exact) mass is 349 g/mol. The standard InChI is InChI=1S/C18H20ClNO4/c19-13-5-7-15(8-6-13)22-11-14(21)9-20-10-16-12-23-17-3-1-2-4-18(17)24-16/h1-8,14,16,20-21H,9-12H2/t14-,16+/m0/s1. The first-order chi connectivity index (χ1) is 11.7. The van der Waals surface area contributed by atoms with Gasteiger partial charge in [0.25, 0.3) is 0 Å². The van der Waals surface area contributed by atoms with Gasteiger partial charge in [0.2, 0.25) is 0 Å². The van der Waals surface area contributed by atoms with Crippen LogP contribution in [0.25, 0.3) is 0 Å². The summed E-state index contributed by atoms with van der Waals surface area (Å²) in [6, 6.07) is 14.6. The van der Waals surface area contributed by atoms with Crippen molar-refractivity contribution in [2.45, 2.75) is 12.2 Å². The van der Waals surface area contributed by atoms with Crippen LogP contribution in [0.4, 0.5) is 0 Å². The maximum absolute atomic E-state index is 9.97. The Balaban J connectivity index is 1.35. The van der Waals surface area contributed by atoms with Crippen LogP contribution in [0.15, 0.2) is 48.5 Å². The lowest BCUT2D eigenvalue weighted by Crippen LogP contribution is -2.41. The number of para-hydroxylation sites is 2. The zero-order chi connectivity index (χ0) is 16.8. The molecule has 2 N–H and O–H groups in total. The number of hydrogen-bond donors (Lipinski definition) is 2. The van der Waals surface area contributed by atoms with Crippen molar-refractivity contribution >= 4 is 11.6 Å². The average molecular weight is 350 g/mol. The van der Waals surface area contributed by atoms with Crippen LogP contribution in [0.1, 0.15) is 0 Å². The molecule has 6 heteroatoms. The van der Waals surface area contributed by atoms with Crippen LogP contribution < -0.4 is 19.5 Å². The van der Waals surface area contributed by atoms with Crippen molar-refractivity contribution in [1.82, 2.24) is 5.32 Å². The summed E-state index contributed by atoms with van der Waals surface area (Å²) in [6.45, 7) is 1.70. The predicted molar refractivity (Wildman–Crippen MR) is 92.2 cm³/mol. The number of halogens is 1. The molecule has 0 radical (unpaired) electrons. The van der Waals surface area contributed by atoms with E-state index in [1.54, 1.807) is 24.3 Å². The summed E-state index contributed by atoms with van der Waals surface area (Å²) in [5.41, 5.74) is 0. The Bertz CT molecular complexity index is 650. The molecule has 0 fully saturated rings. The lowest BCUT2D eigenvalue weighted by molar-refractivity contribution is 0.0778. The summed E-state index contributed by atoms with van der Waals surface area (Å²) in [7, 11) is 0. The maximum atomic E-state index is 9.97. The van der Waals surface area contributed by atoms with Crippen molar-refractivity contribution < 1.29 is 19.3 Å². The van der Waals surface area contributed by atoms with Gasteiger partial charge in [-0.2, -0.15) is 0 Å². The van der Waals surface area contributed by atoms with E-state index in [4.69, 9.17) is 25.8 Å². The third kappa shape index (κ3) is 4.77. The highest BCUT2D eigenvalue weighted by Gasteiger charge is 2.20. The molecule has 2 atom stereocenters. The van der Waals surface area contributed by atoms with Gasteiger partial charge in [-0.1, -0.05) is 23.7 Å². The van der Waals surface area contributed by atoms with Crippen molar-refractivity contribution in [2.75, 3.05) is 26.3 Å². The van der Waals surface area contributed by atoms with Gasteiger partial charge in [0.05, 0.1) is 0 Å². The van der Waals surface area contributed by atoms with Gasteiger partial charge in [0.15, 0.2) is 11.5 Å². The third-order valence-corrected chi connectivity index (χ3v) is 3.83. The van der Waals surface area contributed by atoms with Gasteiger partial charge >= 0.3 is 0 Å². The van der Waals surface area contributed by atoms with Crippen LogP contribution >= 0.6 is 11.6 Å². The summed E-state index contributed by atoms with van der Waals surface area (Å²) in [6.07, 6.45) is -0.693. The largest absolute Gasteiger partial charge is 0.491 e. The molecule has 3 rings (SSSR count). The number of ether oxygens (including phenoxy) is 3. The normalized spacial score (nSPS) is 17.3. The van der Waals surface area contributed by atoms with Crippen LogP contribution in [-0.2, 0) is 0 Å². The fourth-order valence-corrected chi connectivity index (χ4v) is 2.48. The molecule has 0 amide bonds. The first kappa shape index (κ1) is 16.9. The highest BCUT2D eigenvalue weighted by atomic mass is 35.5. The van der Waals surface area contributed by atoms with E-state index in [1.807, 2.05) is 24.3 Å². The number of nitrogens with one attached hydrogen (secondary N) is 1. The maximum Gasteiger partial charge on any atom is 0.161 e. The summed E-state index contributed by atoms with van der Waals surface area (Å²) >= 11 is 5.81. The van der Waals surface area contributed by atoms with Crippen LogP contribution in [0, 0.1) is 0 Å². The van der Waals surface area contributed by atoms with E-state index in [9.17, 15) is 5.11 Å². The van der Waals surface area contributed by atoms with Gasteiger partial charge in [0, 0.05) is 18.1 Å². The second-order valence-corrected chi connectivity index (χ2v) is 6.01. The lowest BCUT2D eigenvalue weighted by Gasteiger charge is -2.27. The topological polar surface area (TPSA) is 60.0 Å². The molecule has 0 bridgehead atoms. The Morgan fingerprint density at radius 2 is 1.92 bits per heavy atom. The molecule has 2 aromatic carbocycles. The van der Waals surface area contributed by atoms with E-state index in [0.717, 1.165) is 11.5 Å². The van der Waals surface area contributed by atoms with E-state index in [0.29, 0.717) is 30.5 Å². The number of fused-ring (bicyclic) bond motifs is 1. The van der Waals surface area contributed by atoms with E-state index < -0.39 is 6.10 Å². The molecule has 1 aliphatic heterocycles. The van der Waals surface area contributed by atoms with Gasteiger partial charge < -0.3 is 24.6 Å². The molecular formula is C18H20ClNO4. The van der Waals surface area contributed by atoms with Gasteiger partial charge in [-0.15, -0.1) is 0 Å². The van der Waals surface area contributed by atoms with Crippen LogP contribution in [0.2, 0.25) is 5.02 Å². The average Bonchev–Trinajstić information content (AvgIpc) is 2.61. The van der Waals surface area contributed by atoms with Crippen LogP contribution in [-0.4, -0.2) is 43.6 Å². The molecule has 1 aliphatic rings. The number of aliphatic hydroxyl groups excluding tert-OH is 1. The smallest absolute Gasteiger partial charge is 0.161 e. The fourth-order valence-electron chi connectivity index (χ4n) is 2.36. The Kier molecular flexibility index (Phi) is 5.80. The number of rotatable bonds is 7. The van der Waals surface area contributed by atoms with Gasteiger partial charge in [-0.05, 0) is 36.4 Å². The summed E-state index contributed by atoms with van der Waals surface area (Å²) in [5.74, 6) is 2.20. The second kappa shape index (κ2) is 8.24. The Morgan fingerprint density at radius 3 is 2.71 bits per heavy atom. The molecule has 0 aliphatic carbocycles. The van der Waals surface area contributed by atoms with Crippen molar-refractivity contribution in [2.24, 2.45) is 0 Å². The van der Waals surface area contributed by atoms with E-state index in [-0.39, 0.29) is 12.7 Å². The fraction of sp³-hybridized carbons (Fsp3) is 0.333. The van der Waals surface area contributed by atoms with E-state index >= 15 is 0 Å². The minimum absolute atomic E-state index is 0.0794. The van der Waals surface area contributed by atoms with Gasteiger partial charge in [-0.25, -0.2) is 0 Å². The van der Waals surface area contributed by atoms with Crippen molar-refractivity contribution in [3.05, 3.63) is 53.6 Å². The Labute approximate surface area is 146 Å². The van der Waals surface area contributed by atoms with E-state index in [1.165, 1.54) is 0 Å². The molecule has 0 aromatic heterocycles. The summed E-state index contributed by atoms with van der Waals surface area (Å²) < 4.78 is 17.0. The molecule has 0 saturated carbocycles. The summed E-state index contributed by atoms with van der Waals surface area (Å²) in [4.78, 5) is 0. The van der Waals surface area contributed by atoms with Crippen molar-refractivity contribution in [1.29, 1.82) is 0 Å². The minimum atomic E-state index is -0.613. The van der Waals surface area contributed by atoms with Gasteiger partial charge in [-0.3, -0.25) is 0 Å². The lowest BCUT2D eigenvalue weighted by atomic mass is 10.2. The highest BCUT2D eigenvalue weighted by molar-refractivity contribution is 6.30. The number of benzene rings is 2. The van der Waals surface area contributed by atoms with Gasteiger partial charge in [0.1, 0.15) is 31.2 Å². The zero-order valence-corrected chi connectivity index (χ0v) is 13.9. The van der Waals surface area contributed by atoms with Crippen LogP contribution in [0.5, 0.6) is 17.2 Å². The molecule has 128 valence electrons. The SMILES string of the molecule is O[C@@H](CNC[C@@H]1COc2ccccc2O1)COc1ccc(Cl)cc1. The summed E-state index contributed by atoms with van der Waals surface area (Å²) in [5, 5.41) is 13.8. The third-order valence-electron chi connectivity index (χ3n) is 3.58. The first-order valence-corrected chi connectivity index (χ1v) is 8.24. The number of aliphatic hydroxyl groups is 1. The van der Waals surface area contributed by atoms with E-state index in [2.05, 4.69) is 5.32 Å². The molecule has 0 spiro atoms. The molecule has 5 nitrogen and oxygen atoms in total. The predicted octanol–water partition coefficient (Wildman–Crippen LogP) is 2.51. The molecule has 2 aromatic rings. The quantitative estimate of drug-likeness (QED) is 0.804. The van der Waals surface area contributed by atoms with Crippen molar-refractivity contribution in [3.8, 4) is 17.2 Å². The molecule has 0 unspecified atom stereocenters. The van der Waals surface area contributed by atoms with Crippen molar-refractivity contribution in [3.63, 3.8) is 0 Å². The molecule has 1 heterocycles. The Morgan fingerprint density at radius 1 is 1.17 bits per heavy atom. The molecule has 24 heavy (non-hydrogen) atoms. The first-order valence-electron chi connectivity index (χ1n) is 7.86. The zero-order valence-electron chi connectivity index (χ0n) is 13.2. The second-order valence-electron chi connectivity index (χ2n) is 5.57. The Hall–Kier alpha value is -1.95. The molecule has 0 saturated heterocycles. The molecular weight excluding hydrogens is 330 g/mol. The minimum Gasteiger partial charge on any atom is -0.491 e. The van der Waals surface area contributed by atoms with Crippen LogP contribution in [0.3, 0.4) is 0 Å². The highest BCUT2D eigenvalue weighted by Crippen LogP contribution is 2.30.